The minimum atomic E-state index is -0.278. The number of hydrogen-bond acceptors (Lipinski definition) is 6. The topological polar surface area (TPSA) is 92.1 Å². The van der Waals surface area contributed by atoms with Crippen molar-refractivity contribution in [2.75, 3.05) is 52.4 Å². The molecule has 6 heteroatoms. The van der Waals surface area contributed by atoms with Gasteiger partial charge in [-0.3, -0.25) is 0 Å². The lowest BCUT2D eigenvalue weighted by molar-refractivity contribution is 0.191. The highest BCUT2D eigenvalue weighted by atomic mass is 16.3. The number of nitrogens with zero attached hydrogens (tertiary/aromatic N) is 1. The number of aliphatic hydroxyl groups is 1. The van der Waals surface area contributed by atoms with Crippen LogP contribution in [-0.2, 0) is 0 Å². The van der Waals surface area contributed by atoms with Crippen molar-refractivity contribution in [1.29, 1.82) is 5.26 Å². The highest BCUT2D eigenvalue weighted by molar-refractivity contribution is 4.70. The van der Waals surface area contributed by atoms with Gasteiger partial charge >= 0.3 is 0 Å². The van der Waals surface area contributed by atoms with E-state index < -0.39 is 0 Å². The Morgan fingerprint density at radius 2 is 1.33 bits per heavy atom. The summed E-state index contributed by atoms with van der Waals surface area (Å²) in [6.45, 7) is 8.68. The van der Waals surface area contributed by atoms with Crippen LogP contribution in [0.4, 0.5) is 0 Å². The molecular formula is C12H27N5O. The van der Waals surface area contributed by atoms with Crippen LogP contribution >= 0.6 is 0 Å². The summed E-state index contributed by atoms with van der Waals surface area (Å²) >= 11 is 0. The molecule has 0 radical (unpaired) electrons. The Balaban J connectivity index is 2.93. The molecule has 1 atom stereocenters. The summed E-state index contributed by atoms with van der Waals surface area (Å²) in [4.78, 5) is 0. The predicted octanol–water partition coefficient (Wildman–Crippen LogP) is -1.36. The monoisotopic (exact) mass is 257 g/mol. The SMILES string of the molecule is C[C@@H](O)CNCCNCCNCCNCCC#N. The Morgan fingerprint density at radius 3 is 1.78 bits per heavy atom. The second kappa shape index (κ2) is 14.4. The fourth-order valence-electron chi connectivity index (χ4n) is 1.36. The summed E-state index contributed by atoms with van der Waals surface area (Å²) in [7, 11) is 0. The molecule has 0 aliphatic rings. The molecule has 0 aromatic carbocycles. The van der Waals surface area contributed by atoms with Crippen molar-refractivity contribution < 1.29 is 5.11 Å². The van der Waals surface area contributed by atoms with Crippen molar-refractivity contribution in [2.24, 2.45) is 0 Å². The van der Waals surface area contributed by atoms with Gasteiger partial charge in [0.05, 0.1) is 12.2 Å². The fourth-order valence-corrected chi connectivity index (χ4v) is 1.36. The van der Waals surface area contributed by atoms with Crippen molar-refractivity contribution in [2.45, 2.75) is 19.4 Å². The summed E-state index contributed by atoms with van der Waals surface area (Å²) < 4.78 is 0. The molecule has 0 rings (SSSR count). The summed E-state index contributed by atoms with van der Waals surface area (Å²) in [6.07, 6.45) is 0.293. The van der Waals surface area contributed by atoms with Crippen molar-refractivity contribution >= 4 is 0 Å². The number of nitrogens with one attached hydrogen (secondary N) is 4. The smallest absolute Gasteiger partial charge is 0.0636 e. The molecule has 18 heavy (non-hydrogen) atoms. The van der Waals surface area contributed by atoms with Crippen LogP contribution in [0.15, 0.2) is 0 Å². The molecule has 106 valence electrons. The highest BCUT2D eigenvalue weighted by Crippen LogP contribution is 1.73. The fraction of sp³-hybridized carbons (Fsp3) is 0.917. The molecule has 0 saturated heterocycles. The van der Waals surface area contributed by atoms with Crippen LogP contribution in [0.2, 0.25) is 0 Å². The second-order valence-corrected chi connectivity index (χ2v) is 4.21. The molecule has 0 fully saturated rings. The zero-order chi connectivity index (χ0) is 13.5. The largest absolute Gasteiger partial charge is 0.392 e. The van der Waals surface area contributed by atoms with Gasteiger partial charge in [-0.2, -0.15) is 5.26 Å². The Hall–Kier alpha value is -0.710. The zero-order valence-corrected chi connectivity index (χ0v) is 11.3. The highest BCUT2D eigenvalue weighted by Gasteiger charge is 1.93. The average molecular weight is 257 g/mol. The van der Waals surface area contributed by atoms with Crippen molar-refractivity contribution in [3.05, 3.63) is 0 Å². The first kappa shape index (κ1) is 17.3. The first-order valence-electron chi connectivity index (χ1n) is 6.65. The predicted molar refractivity (Wildman–Crippen MR) is 73.4 cm³/mol. The Kier molecular flexibility index (Phi) is 13.8. The molecule has 6 nitrogen and oxygen atoms in total. The van der Waals surface area contributed by atoms with E-state index >= 15 is 0 Å². The standard InChI is InChI=1S/C12H27N5O/c1-12(18)11-17-10-9-16-8-7-15-6-5-14-4-2-3-13/h12,14-18H,2,4-11H2,1H3/t12-/m1/s1. The van der Waals surface area contributed by atoms with E-state index in [0.29, 0.717) is 13.0 Å². The van der Waals surface area contributed by atoms with Gasteiger partial charge < -0.3 is 26.4 Å². The van der Waals surface area contributed by atoms with Gasteiger partial charge in [0.2, 0.25) is 0 Å². The number of nitriles is 1. The maximum Gasteiger partial charge on any atom is 0.0636 e. The third kappa shape index (κ3) is 15.3. The summed E-state index contributed by atoms with van der Waals surface area (Å²) in [5.41, 5.74) is 0. The maximum atomic E-state index is 9.01. The van der Waals surface area contributed by atoms with E-state index in [9.17, 15) is 0 Å². The molecule has 0 unspecified atom stereocenters. The number of rotatable bonds is 13. The normalized spacial score (nSPS) is 12.3. The minimum Gasteiger partial charge on any atom is -0.392 e. The molecule has 0 aliphatic carbocycles. The molecule has 0 aromatic rings. The van der Waals surface area contributed by atoms with E-state index in [4.69, 9.17) is 10.4 Å². The van der Waals surface area contributed by atoms with Gasteiger partial charge in [-0.1, -0.05) is 0 Å². The van der Waals surface area contributed by atoms with Crippen LogP contribution in [0, 0.1) is 11.3 Å². The average Bonchev–Trinajstić information content (AvgIpc) is 2.34. The van der Waals surface area contributed by atoms with Crippen LogP contribution < -0.4 is 21.3 Å². The van der Waals surface area contributed by atoms with Crippen molar-refractivity contribution in [3.63, 3.8) is 0 Å². The number of hydrogen-bond donors (Lipinski definition) is 5. The van der Waals surface area contributed by atoms with Crippen LogP contribution in [0.5, 0.6) is 0 Å². The Bertz CT molecular complexity index is 205. The lowest BCUT2D eigenvalue weighted by Gasteiger charge is -2.09. The quantitative estimate of drug-likeness (QED) is 0.262. The Morgan fingerprint density at radius 1 is 0.889 bits per heavy atom. The molecule has 5 N–H and O–H groups in total. The van der Waals surface area contributed by atoms with Crippen LogP contribution in [0.25, 0.3) is 0 Å². The van der Waals surface area contributed by atoms with E-state index in [1.165, 1.54) is 0 Å². The molecule has 0 aliphatic heterocycles. The van der Waals surface area contributed by atoms with E-state index in [0.717, 1.165) is 45.8 Å². The summed E-state index contributed by atoms with van der Waals surface area (Å²) in [5, 5.41) is 30.3. The Labute approximate surface area is 110 Å². The van der Waals surface area contributed by atoms with Gasteiger partial charge in [0.25, 0.3) is 0 Å². The van der Waals surface area contributed by atoms with Crippen molar-refractivity contribution in [1.82, 2.24) is 21.3 Å². The molecule has 0 saturated carbocycles. The van der Waals surface area contributed by atoms with Gasteiger partial charge in [-0.15, -0.1) is 0 Å². The third-order valence-corrected chi connectivity index (χ3v) is 2.29. The minimum absolute atomic E-state index is 0.278. The lowest BCUT2D eigenvalue weighted by Crippen LogP contribution is -2.36. The molecule has 0 spiro atoms. The van der Waals surface area contributed by atoms with E-state index in [1.807, 2.05) is 0 Å². The van der Waals surface area contributed by atoms with Crippen molar-refractivity contribution in [3.8, 4) is 6.07 Å². The molecule has 0 bridgehead atoms. The van der Waals surface area contributed by atoms with Crippen LogP contribution in [0.1, 0.15) is 13.3 Å². The lowest BCUT2D eigenvalue weighted by atomic mass is 10.4. The van der Waals surface area contributed by atoms with E-state index in [1.54, 1.807) is 6.92 Å². The molecule has 0 amide bonds. The van der Waals surface area contributed by atoms with E-state index in [2.05, 4.69) is 27.3 Å². The third-order valence-electron chi connectivity index (χ3n) is 2.29. The van der Waals surface area contributed by atoms with E-state index in [-0.39, 0.29) is 6.10 Å². The summed E-state index contributed by atoms with van der Waals surface area (Å²) in [5.74, 6) is 0. The number of aliphatic hydroxyl groups excluding tert-OH is 1. The van der Waals surface area contributed by atoms with Gasteiger partial charge in [0, 0.05) is 58.8 Å². The first-order chi connectivity index (χ1) is 8.77. The zero-order valence-electron chi connectivity index (χ0n) is 11.3. The second-order valence-electron chi connectivity index (χ2n) is 4.21. The van der Waals surface area contributed by atoms with Gasteiger partial charge in [-0.25, -0.2) is 0 Å². The summed E-state index contributed by atoms with van der Waals surface area (Å²) in [6, 6.07) is 2.10. The first-order valence-corrected chi connectivity index (χ1v) is 6.65. The molecule has 0 heterocycles. The van der Waals surface area contributed by atoms with Gasteiger partial charge in [-0.05, 0) is 6.92 Å². The van der Waals surface area contributed by atoms with Gasteiger partial charge in [0.1, 0.15) is 0 Å². The maximum absolute atomic E-state index is 9.01. The molecular weight excluding hydrogens is 230 g/mol. The molecule has 0 aromatic heterocycles. The van der Waals surface area contributed by atoms with Gasteiger partial charge in [0.15, 0.2) is 0 Å². The van der Waals surface area contributed by atoms with Crippen LogP contribution in [-0.4, -0.2) is 63.6 Å². The van der Waals surface area contributed by atoms with Crippen LogP contribution in [0.3, 0.4) is 0 Å².